The number of hydrogen-bond acceptors (Lipinski definition) is 2. The molecule has 1 aromatic carbocycles. The van der Waals surface area contributed by atoms with Crippen molar-refractivity contribution in [1.82, 2.24) is 10.2 Å². The number of nitrogens with zero attached hydrogens (tertiary/aromatic N) is 1. The molecule has 0 radical (unpaired) electrons. The Morgan fingerprint density at radius 2 is 2.15 bits per heavy atom. The van der Waals surface area contributed by atoms with Crippen LogP contribution in [0.25, 0.3) is 0 Å². The summed E-state index contributed by atoms with van der Waals surface area (Å²) in [5.41, 5.74) is 0.994. The average Bonchev–Trinajstić information content (AvgIpc) is 2.43. The van der Waals surface area contributed by atoms with Crippen LogP contribution >= 0.6 is 35.6 Å². The van der Waals surface area contributed by atoms with Crippen molar-refractivity contribution in [3.8, 4) is 0 Å². The van der Waals surface area contributed by atoms with Gasteiger partial charge in [0.2, 0.25) is 5.91 Å². The second-order valence-electron chi connectivity index (χ2n) is 4.99. The molecular formula is C14H19Cl3N2O. The summed E-state index contributed by atoms with van der Waals surface area (Å²) in [6.45, 7) is 2.36. The molecule has 1 saturated heterocycles. The van der Waals surface area contributed by atoms with Gasteiger partial charge >= 0.3 is 0 Å². The van der Waals surface area contributed by atoms with Crippen molar-refractivity contribution in [3.63, 3.8) is 0 Å². The highest BCUT2D eigenvalue weighted by Gasteiger charge is 2.23. The first-order valence-electron chi connectivity index (χ1n) is 6.47. The van der Waals surface area contributed by atoms with Crippen LogP contribution < -0.4 is 5.32 Å². The van der Waals surface area contributed by atoms with Gasteiger partial charge in [0.15, 0.2) is 0 Å². The van der Waals surface area contributed by atoms with Gasteiger partial charge in [-0.1, -0.05) is 29.3 Å². The van der Waals surface area contributed by atoms with Gasteiger partial charge in [0.25, 0.3) is 0 Å². The maximum atomic E-state index is 12.3. The molecule has 1 amide bonds. The van der Waals surface area contributed by atoms with E-state index in [1.807, 2.05) is 19.2 Å². The Balaban J connectivity index is 0.00000200. The number of rotatable bonds is 3. The zero-order chi connectivity index (χ0) is 13.8. The molecule has 1 heterocycles. The van der Waals surface area contributed by atoms with Crippen LogP contribution in [0.2, 0.25) is 10.0 Å². The highest BCUT2D eigenvalue weighted by Crippen LogP contribution is 2.23. The maximum Gasteiger partial charge on any atom is 0.227 e. The molecule has 0 aromatic heterocycles. The molecule has 112 valence electrons. The Hall–Kier alpha value is -0.480. The maximum absolute atomic E-state index is 12.3. The molecule has 1 fully saturated rings. The van der Waals surface area contributed by atoms with E-state index in [2.05, 4.69) is 5.32 Å². The van der Waals surface area contributed by atoms with E-state index in [9.17, 15) is 4.79 Å². The second kappa shape index (κ2) is 8.08. The number of nitrogens with one attached hydrogen (secondary N) is 1. The van der Waals surface area contributed by atoms with Gasteiger partial charge in [-0.2, -0.15) is 0 Å². The predicted octanol–water partition coefficient (Wildman–Crippen LogP) is 3.37. The topological polar surface area (TPSA) is 32.3 Å². The Bertz CT molecular complexity index is 462. The molecule has 1 N–H and O–H groups in total. The van der Waals surface area contributed by atoms with Crippen LogP contribution in [0.1, 0.15) is 18.4 Å². The minimum absolute atomic E-state index is 0. The van der Waals surface area contributed by atoms with E-state index in [-0.39, 0.29) is 24.2 Å². The normalized spacial score (nSPS) is 18.2. The minimum atomic E-state index is 0. The molecule has 0 bridgehead atoms. The zero-order valence-electron chi connectivity index (χ0n) is 11.4. The Morgan fingerprint density at radius 1 is 1.40 bits per heavy atom. The molecule has 6 heteroatoms. The predicted molar refractivity (Wildman–Crippen MR) is 85.8 cm³/mol. The van der Waals surface area contributed by atoms with E-state index in [1.54, 1.807) is 11.0 Å². The summed E-state index contributed by atoms with van der Waals surface area (Å²) in [6, 6.07) is 5.48. The van der Waals surface area contributed by atoms with Crippen LogP contribution in [0.3, 0.4) is 0 Å². The fourth-order valence-electron chi connectivity index (χ4n) is 2.36. The third-order valence-corrected chi connectivity index (χ3v) is 4.17. The highest BCUT2D eigenvalue weighted by molar-refractivity contribution is 6.42. The summed E-state index contributed by atoms with van der Waals surface area (Å²) in [7, 11) is 1.83. The molecule has 0 spiro atoms. The fraction of sp³-hybridized carbons (Fsp3) is 0.500. The Morgan fingerprint density at radius 3 is 2.75 bits per heavy atom. The Labute approximate surface area is 136 Å². The van der Waals surface area contributed by atoms with Crippen LogP contribution in [-0.2, 0) is 11.3 Å². The van der Waals surface area contributed by atoms with E-state index < -0.39 is 0 Å². The van der Waals surface area contributed by atoms with Crippen LogP contribution in [-0.4, -0.2) is 30.9 Å². The van der Waals surface area contributed by atoms with Crippen molar-refractivity contribution < 1.29 is 4.79 Å². The van der Waals surface area contributed by atoms with Gasteiger partial charge in [0, 0.05) is 20.1 Å². The summed E-state index contributed by atoms with van der Waals surface area (Å²) in [5.74, 6) is 0.291. The number of amides is 1. The summed E-state index contributed by atoms with van der Waals surface area (Å²) in [5, 5.41) is 4.33. The largest absolute Gasteiger partial charge is 0.341 e. The van der Waals surface area contributed by atoms with Crippen LogP contribution in [0.4, 0.5) is 0 Å². The van der Waals surface area contributed by atoms with Gasteiger partial charge in [0.05, 0.1) is 16.0 Å². The van der Waals surface area contributed by atoms with Gasteiger partial charge < -0.3 is 10.2 Å². The number of carbonyl (C=O) groups excluding carboxylic acids is 1. The molecule has 1 aliphatic rings. The summed E-state index contributed by atoms with van der Waals surface area (Å²) >= 11 is 11.9. The second-order valence-corrected chi connectivity index (χ2v) is 5.80. The van der Waals surface area contributed by atoms with E-state index in [1.165, 1.54) is 0 Å². The van der Waals surface area contributed by atoms with Crippen molar-refractivity contribution in [2.75, 3.05) is 20.1 Å². The first-order valence-corrected chi connectivity index (χ1v) is 7.23. The number of benzene rings is 1. The number of piperidine rings is 1. The molecular weight excluding hydrogens is 319 g/mol. The SMILES string of the molecule is CN(Cc1ccc(Cl)c(Cl)c1)C(=O)[C@@H]1CCCNC1.Cl. The van der Waals surface area contributed by atoms with Gasteiger partial charge in [-0.25, -0.2) is 0 Å². The van der Waals surface area contributed by atoms with E-state index in [0.717, 1.165) is 31.5 Å². The molecule has 1 atom stereocenters. The third kappa shape index (κ3) is 4.52. The molecule has 1 aromatic rings. The van der Waals surface area contributed by atoms with Crippen LogP contribution in [0.5, 0.6) is 0 Å². The molecule has 2 rings (SSSR count). The lowest BCUT2D eigenvalue weighted by atomic mass is 9.98. The van der Waals surface area contributed by atoms with Crippen molar-refractivity contribution in [3.05, 3.63) is 33.8 Å². The minimum Gasteiger partial charge on any atom is -0.341 e. The standard InChI is InChI=1S/C14H18Cl2N2O.ClH/c1-18(14(19)11-3-2-6-17-8-11)9-10-4-5-12(15)13(16)7-10;/h4-5,7,11,17H,2-3,6,8-9H2,1H3;1H/t11-;/m1./s1. The number of halogens is 3. The summed E-state index contributed by atoms with van der Waals surface area (Å²) in [6.07, 6.45) is 2.04. The molecule has 0 unspecified atom stereocenters. The van der Waals surface area contributed by atoms with E-state index in [0.29, 0.717) is 16.6 Å². The lowest BCUT2D eigenvalue weighted by Crippen LogP contribution is -2.41. The van der Waals surface area contributed by atoms with Crippen molar-refractivity contribution >= 4 is 41.5 Å². The lowest BCUT2D eigenvalue weighted by molar-refractivity contribution is -0.135. The van der Waals surface area contributed by atoms with Gasteiger partial charge in [-0.15, -0.1) is 12.4 Å². The van der Waals surface area contributed by atoms with E-state index in [4.69, 9.17) is 23.2 Å². The van der Waals surface area contributed by atoms with Crippen LogP contribution in [0, 0.1) is 5.92 Å². The molecule has 1 aliphatic heterocycles. The molecule has 20 heavy (non-hydrogen) atoms. The van der Waals surface area contributed by atoms with Crippen LogP contribution in [0.15, 0.2) is 18.2 Å². The smallest absolute Gasteiger partial charge is 0.227 e. The third-order valence-electron chi connectivity index (χ3n) is 3.43. The van der Waals surface area contributed by atoms with Crippen molar-refractivity contribution in [2.45, 2.75) is 19.4 Å². The van der Waals surface area contributed by atoms with Crippen molar-refractivity contribution in [1.29, 1.82) is 0 Å². The summed E-state index contributed by atoms with van der Waals surface area (Å²) in [4.78, 5) is 14.0. The first kappa shape index (κ1) is 17.6. The molecule has 0 aliphatic carbocycles. The average molecular weight is 338 g/mol. The quantitative estimate of drug-likeness (QED) is 0.917. The Kier molecular flexibility index (Phi) is 7.10. The number of hydrogen-bond donors (Lipinski definition) is 1. The lowest BCUT2D eigenvalue weighted by Gasteiger charge is -2.27. The van der Waals surface area contributed by atoms with E-state index >= 15 is 0 Å². The zero-order valence-corrected chi connectivity index (χ0v) is 13.7. The number of carbonyl (C=O) groups is 1. The fourth-order valence-corrected chi connectivity index (χ4v) is 2.68. The first-order chi connectivity index (χ1) is 9.08. The molecule has 3 nitrogen and oxygen atoms in total. The highest BCUT2D eigenvalue weighted by atomic mass is 35.5. The van der Waals surface area contributed by atoms with Crippen molar-refractivity contribution in [2.24, 2.45) is 5.92 Å². The van der Waals surface area contributed by atoms with Gasteiger partial charge in [-0.3, -0.25) is 4.79 Å². The molecule has 0 saturated carbocycles. The monoisotopic (exact) mass is 336 g/mol. The van der Waals surface area contributed by atoms with Gasteiger partial charge in [-0.05, 0) is 37.1 Å². The van der Waals surface area contributed by atoms with Gasteiger partial charge in [0.1, 0.15) is 0 Å². The summed E-state index contributed by atoms with van der Waals surface area (Å²) < 4.78 is 0.